The Morgan fingerprint density at radius 1 is 0.640 bits per heavy atom. The number of fused-ring (bicyclic) bond motifs is 10. The second kappa shape index (κ2) is 4.45. The smallest absolute Gasteiger partial charge is 0.347 e. The predicted octanol–water partition coefficient (Wildman–Crippen LogP) is 5.73. The minimum absolute atomic E-state index is 0.425. The van der Waals surface area contributed by atoms with Crippen LogP contribution in [0.3, 0.4) is 0 Å². The van der Waals surface area contributed by atoms with Crippen LogP contribution in [-0.2, 0) is 4.74 Å². The van der Waals surface area contributed by atoms with E-state index in [0.29, 0.717) is 11.1 Å². The van der Waals surface area contributed by atoms with Crippen molar-refractivity contribution in [1.82, 2.24) is 0 Å². The van der Waals surface area contributed by atoms with E-state index in [4.69, 9.17) is 4.74 Å². The van der Waals surface area contributed by atoms with Gasteiger partial charge < -0.3 is 4.74 Å². The van der Waals surface area contributed by atoms with Gasteiger partial charge in [-0.2, -0.15) is 0 Å². The first-order valence-electron chi connectivity index (χ1n) is 7.79. The van der Waals surface area contributed by atoms with E-state index in [0.717, 1.165) is 40.3 Å². The highest BCUT2D eigenvalue weighted by molar-refractivity contribution is 7.33. The highest BCUT2D eigenvalue weighted by Gasteiger charge is 2.37. The largest absolute Gasteiger partial charge is 0.386 e. The minimum Gasteiger partial charge on any atom is -0.386 e. The summed E-state index contributed by atoms with van der Waals surface area (Å²) in [5.41, 5.74) is 0.849. The van der Waals surface area contributed by atoms with Crippen LogP contribution >= 0.6 is 22.7 Å². The maximum atomic E-state index is 12.5. The molecule has 5 aromatic rings. The van der Waals surface area contributed by atoms with Crippen molar-refractivity contribution in [1.29, 1.82) is 0 Å². The molecule has 118 valence electrons. The van der Waals surface area contributed by atoms with Crippen molar-refractivity contribution in [3.63, 3.8) is 0 Å². The molecule has 0 spiro atoms. The van der Waals surface area contributed by atoms with E-state index in [2.05, 4.69) is 0 Å². The molecule has 0 radical (unpaired) electrons. The maximum absolute atomic E-state index is 12.5. The van der Waals surface area contributed by atoms with Gasteiger partial charge in [0.2, 0.25) is 0 Å². The van der Waals surface area contributed by atoms with Gasteiger partial charge in [-0.15, -0.1) is 22.7 Å². The molecule has 0 N–H and O–H groups in total. The summed E-state index contributed by atoms with van der Waals surface area (Å²) >= 11 is 3.33. The van der Waals surface area contributed by atoms with Gasteiger partial charge in [0, 0.05) is 30.9 Å². The summed E-state index contributed by atoms with van der Waals surface area (Å²) < 4.78 is 9.35. The van der Waals surface area contributed by atoms with E-state index in [9.17, 15) is 9.59 Å². The van der Waals surface area contributed by atoms with E-state index in [1.807, 2.05) is 48.5 Å². The number of esters is 2. The number of rotatable bonds is 0. The van der Waals surface area contributed by atoms with Gasteiger partial charge >= 0.3 is 11.9 Å². The number of hydrogen-bond acceptors (Lipinski definition) is 5. The van der Waals surface area contributed by atoms with Crippen LogP contribution in [0.25, 0.3) is 40.3 Å². The summed E-state index contributed by atoms with van der Waals surface area (Å²) in [5.74, 6) is -1.07. The Balaban J connectivity index is 2.04. The lowest BCUT2D eigenvalue weighted by Crippen LogP contribution is -1.97. The maximum Gasteiger partial charge on any atom is 0.347 e. The molecule has 3 nitrogen and oxygen atoms in total. The topological polar surface area (TPSA) is 43.4 Å². The molecule has 0 aliphatic carbocycles. The molecule has 1 aliphatic heterocycles. The van der Waals surface area contributed by atoms with Gasteiger partial charge in [0.05, 0.1) is 20.5 Å². The first kappa shape index (κ1) is 13.5. The molecule has 25 heavy (non-hydrogen) atoms. The van der Waals surface area contributed by atoms with Crippen molar-refractivity contribution in [3.05, 3.63) is 59.7 Å². The summed E-state index contributed by atoms with van der Waals surface area (Å²) in [5, 5.41) is 3.71. The van der Waals surface area contributed by atoms with Crippen LogP contribution in [0.5, 0.6) is 0 Å². The Kier molecular flexibility index (Phi) is 2.40. The third kappa shape index (κ3) is 1.55. The molecule has 0 bridgehead atoms. The molecule has 0 fully saturated rings. The quantitative estimate of drug-likeness (QED) is 0.261. The summed E-state index contributed by atoms with van der Waals surface area (Å²) in [6.07, 6.45) is 0. The van der Waals surface area contributed by atoms with Gasteiger partial charge in [0.1, 0.15) is 0 Å². The second-order valence-corrected chi connectivity index (χ2v) is 8.14. The van der Waals surface area contributed by atoms with Crippen LogP contribution < -0.4 is 0 Å². The van der Waals surface area contributed by atoms with Crippen molar-refractivity contribution in [2.75, 3.05) is 0 Å². The van der Waals surface area contributed by atoms with E-state index in [-0.39, 0.29) is 0 Å². The average molecular weight is 360 g/mol. The molecule has 1 aliphatic rings. The Hall–Kier alpha value is -2.76. The highest BCUT2D eigenvalue weighted by Crippen LogP contribution is 2.49. The Morgan fingerprint density at radius 2 is 1.08 bits per heavy atom. The Labute approximate surface area is 149 Å². The zero-order valence-corrected chi connectivity index (χ0v) is 14.3. The molecule has 0 atom stereocenters. The van der Waals surface area contributed by atoms with Gasteiger partial charge in [0.25, 0.3) is 0 Å². The van der Waals surface area contributed by atoms with Crippen LogP contribution in [0.15, 0.2) is 48.5 Å². The van der Waals surface area contributed by atoms with Gasteiger partial charge in [-0.05, 0) is 12.1 Å². The van der Waals surface area contributed by atoms with Crippen molar-refractivity contribution < 1.29 is 14.3 Å². The zero-order valence-electron chi connectivity index (χ0n) is 12.7. The van der Waals surface area contributed by atoms with E-state index >= 15 is 0 Å². The normalized spacial score (nSPS) is 14.1. The van der Waals surface area contributed by atoms with Crippen LogP contribution in [0.2, 0.25) is 0 Å². The highest BCUT2D eigenvalue weighted by atomic mass is 32.1. The summed E-state index contributed by atoms with van der Waals surface area (Å²) in [7, 11) is 0. The van der Waals surface area contributed by atoms with Crippen LogP contribution in [0, 0.1) is 0 Å². The molecule has 0 amide bonds. The standard InChI is InChI=1S/C20H8O3S2/c21-19-15-13-9-5-1-3-7-11(9)24-17(13)18-14(16(15)20(22)23-19)10-6-2-4-8-12(10)25-18/h1-8H. The number of carbonyl (C=O) groups is 2. The third-order valence-corrected chi connectivity index (χ3v) is 7.25. The molecular weight excluding hydrogens is 352 g/mol. The molecule has 3 aromatic carbocycles. The predicted molar refractivity (Wildman–Crippen MR) is 102 cm³/mol. The molecule has 0 saturated carbocycles. The van der Waals surface area contributed by atoms with Crippen LogP contribution in [-0.4, -0.2) is 11.9 Å². The van der Waals surface area contributed by atoms with Crippen molar-refractivity contribution in [2.45, 2.75) is 0 Å². The van der Waals surface area contributed by atoms with E-state index < -0.39 is 11.9 Å². The molecule has 2 aromatic heterocycles. The number of benzene rings is 3. The Bertz CT molecular complexity index is 1300. The van der Waals surface area contributed by atoms with Gasteiger partial charge in [-0.1, -0.05) is 36.4 Å². The van der Waals surface area contributed by atoms with Crippen LogP contribution in [0.1, 0.15) is 20.7 Å². The zero-order chi connectivity index (χ0) is 16.7. The summed E-state index contributed by atoms with van der Waals surface area (Å²) in [6.45, 7) is 0. The van der Waals surface area contributed by atoms with Gasteiger partial charge in [-0.25, -0.2) is 9.59 Å². The molecule has 0 saturated heterocycles. The minimum atomic E-state index is -0.536. The van der Waals surface area contributed by atoms with E-state index in [1.54, 1.807) is 22.7 Å². The van der Waals surface area contributed by atoms with Gasteiger partial charge in [0.15, 0.2) is 0 Å². The number of cyclic esters (lactones) is 2. The molecule has 3 heterocycles. The van der Waals surface area contributed by atoms with Crippen molar-refractivity contribution in [2.24, 2.45) is 0 Å². The molecule has 6 rings (SSSR count). The summed E-state index contributed by atoms with van der Waals surface area (Å²) in [6, 6.07) is 16.0. The fourth-order valence-electron chi connectivity index (χ4n) is 3.75. The molecule has 0 unspecified atom stereocenters. The number of carbonyl (C=O) groups excluding carboxylic acids is 2. The number of thiophene rings is 2. The lowest BCUT2D eigenvalue weighted by molar-refractivity contribution is 0.0445. The summed E-state index contributed by atoms with van der Waals surface area (Å²) in [4.78, 5) is 25.0. The van der Waals surface area contributed by atoms with Crippen LogP contribution in [0.4, 0.5) is 0 Å². The average Bonchev–Trinajstić information content (AvgIpc) is 3.26. The number of ether oxygens (including phenoxy) is 1. The Morgan fingerprint density at radius 3 is 1.56 bits per heavy atom. The molecular formula is C20H8O3S2. The fraction of sp³-hybridized carbons (Fsp3) is 0. The van der Waals surface area contributed by atoms with Gasteiger partial charge in [-0.3, -0.25) is 0 Å². The SMILES string of the molecule is O=C1OC(=O)c2c1c1c3ccccc3sc1c1sc3ccccc3c21. The lowest BCUT2D eigenvalue weighted by atomic mass is 9.97. The van der Waals surface area contributed by atoms with E-state index in [1.165, 1.54) is 0 Å². The first-order valence-corrected chi connectivity index (χ1v) is 9.42. The fourth-order valence-corrected chi connectivity index (χ4v) is 6.31. The second-order valence-electron chi connectivity index (χ2n) is 6.03. The molecule has 5 heteroatoms. The lowest BCUT2D eigenvalue weighted by Gasteiger charge is -2.01. The third-order valence-electron chi connectivity index (χ3n) is 4.74. The first-order chi connectivity index (χ1) is 12.2. The number of hydrogen-bond donors (Lipinski definition) is 0. The monoisotopic (exact) mass is 360 g/mol. The van der Waals surface area contributed by atoms with Crippen molar-refractivity contribution in [3.8, 4) is 0 Å². The van der Waals surface area contributed by atoms with Crippen molar-refractivity contribution >= 4 is 75.0 Å².